The molecule has 4 heteroatoms. The van der Waals surface area contributed by atoms with E-state index in [-0.39, 0.29) is 17.8 Å². The number of hydrogen-bond acceptors (Lipinski definition) is 4. The molecule has 3 atom stereocenters. The highest BCUT2D eigenvalue weighted by Crippen LogP contribution is 2.41. The van der Waals surface area contributed by atoms with E-state index in [0.717, 1.165) is 69.8 Å². The molecule has 0 saturated heterocycles. The van der Waals surface area contributed by atoms with Crippen molar-refractivity contribution in [1.29, 1.82) is 0 Å². The molecule has 0 heterocycles. The molecule has 0 spiro atoms. The number of aliphatic hydroxyl groups is 1. The zero-order valence-corrected chi connectivity index (χ0v) is 18.2. The molecule has 1 N–H and O–H groups in total. The average molecular weight is 403 g/mol. The van der Waals surface area contributed by atoms with Crippen molar-refractivity contribution in [2.45, 2.75) is 96.0 Å². The first-order chi connectivity index (χ1) is 14.1. The SMILES string of the molecule is CCCCCC(O)c1cccc([C@H]2CCC(=O)[C@@H]2CCCCCCC(=O)OC)c1. The van der Waals surface area contributed by atoms with Gasteiger partial charge in [0.05, 0.1) is 13.2 Å². The lowest BCUT2D eigenvalue weighted by Gasteiger charge is -2.20. The largest absolute Gasteiger partial charge is 0.469 e. The number of carbonyl (C=O) groups excluding carboxylic acids is 2. The fraction of sp³-hybridized carbons (Fsp3) is 0.680. The van der Waals surface area contributed by atoms with Crippen molar-refractivity contribution in [3.63, 3.8) is 0 Å². The molecule has 0 radical (unpaired) electrons. The molecule has 1 aromatic rings. The van der Waals surface area contributed by atoms with Gasteiger partial charge in [0.25, 0.3) is 0 Å². The van der Waals surface area contributed by atoms with E-state index in [4.69, 9.17) is 0 Å². The topological polar surface area (TPSA) is 63.6 Å². The predicted octanol–water partition coefficient (Wildman–Crippen LogP) is 5.88. The quantitative estimate of drug-likeness (QED) is 0.331. The van der Waals surface area contributed by atoms with Gasteiger partial charge in [-0.3, -0.25) is 9.59 Å². The van der Waals surface area contributed by atoms with E-state index in [9.17, 15) is 14.7 Å². The second kappa shape index (κ2) is 12.8. The molecule has 1 saturated carbocycles. The van der Waals surface area contributed by atoms with Gasteiger partial charge in [-0.25, -0.2) is 0 Å². The van der Waals surface area contributed by atoms with E-state index in [1.165, 1.54) is 12.7 Å². The van der Waals surface area contributed by atoms with Gasteiger partial charge in [0, 0.05) is 18.8 Å². The standard InChI is InChI=1S/C25H38O4/c1-3-4-7-14-23(26)20-12-10-11-19(18-20)21-16-17-24(27)22(21)13-8-5-6-9-15-25(28)29-2/h10-12,18,21-23,26H,3-9,13-17H2,1-2H3/t21-,22-,23?/m1/s1. The Morgan fingerprint density at radius 2 is 1.97 bits per heavy atom. The lowest BCUT2D eigenvalue weighted by atomic mass is 9.84. The molecule has 1 aliphatic rings. The van der Waals surface area contributed by atoms with Crippen molar-refractivity contribution in [2.24, 2.45) is 5.92 Å². The summed E-state index contributed by atoms with van der Waals surface area (Å²) in [5.74, 6) is 0.620. The molecule has 4 nitrogen and oxygen atoms in total. The molecule has 1 aliphatic carbocycles. The van der Waals surface area contributed by atoms with E-state index >= 15 is 0 Å². The smallest absolute Gasteiger partial charge is 0.305 e. The first-order valence-corrected chi connectivity index (χ1v) is 11.4. The number of esters is 1. The van der Waals surface area contributed by atoms with Gasteiger partial charge in [-0.05, 0) is 42.7 Å². The van der Waals surface area contributed by atoms with E-state index in [2.05, 4.69) is 23.8 Å². The summed E-state index contributed by atoms with van der Waals surface area (Å²) < 4.78 is 4.67. The third kappa shape index (κ3) is 7.58. The van der Waals surface area contributed by atoms with Gasteiger partial charge in [0.15, 0.2) is 0 Å². The third-order valence-corrected chi connectivity index (χ3v) is 6.28. The summed E-state index contributed by atoms with van der Waals surface area (Å²) >= 11 is 0. The summed E-state index contributed by atoms with van der Waals surface area (Å²) in [6.07, 6.45) is 10.6. The van der Waals surface area contributed by atoms with Crippen LogP contribution in [0.15, 0.2) is 24.3 Å². The highest BCUT2D eigenvalue weighted by Gasteiger charge is 2.35. The Labute approximate surface area is 176 Å². The molecule has 0 aliphatic heterocycles. The molecule has 29 heavy (non-hydrogen) atoms. The lowest BCUT2D eigenvalue weighted by Crippen LogP contribution is -2.14. The molecule has 0 bridgehead atoms. The van der Waals surface area contributed by atoms with Gasteiger partial charge in [-0.15, -0.1) is 0 Å². The minimum atomic E-state index is -0.410. The van der Waals surface area contributed by atoms with Crippen LogP contribution in [0.2, 0.25) is 0 Å². The number of aliphatic hydroxyl groups excluding tert-OH is 1. The summed E-state index contributed by atoms with van der Waals surface area (Å²) in [4.78, 5) is 23.6. The summed E-state index contributed by atoms with van der Waals surface area (Å²) in [5.41, 5.74) is 2.19. The van der Waals surface area contributed by atoms with Crippen molar-refractivity contribution in [2.75, 3.05) is 7.11 Å². The van der Waals surface area contributed by atoms with Crippen LogP contribution in [0.1, 0.15) is 107 Å². The van der Waals surface area contributed by atoms with Gasteiger partial charge in [-0.1, -0.05) is 69.7 Å². The Kier molecular flexibility index (Phi) is 10.4. The number of unbranched alkanes of at least 4 members (excludes halogenated alkanes) is 5. The number of rotatable bonds is 13. The van der Waals surface area contributed by atoms with Gasteiger partial charge >= 0.3 is 5.97 Å². The first-order valence-electron chi connectivity index (χ1n) is 11.4. The molecule has 2 rings (SSSR count). The number of ketones is 1. The number of ether oxygens (including phenoxy) is 1. The number of benzene rings is 1. The van der Waals surface area contributed by atoms with Crippen molar-refractivity contribution in [3.8, 4) is 0 Å². The Balaban J connectivity index is 1.87. The van der Waals surface area contributed by atoms with Crippen LogP contribution in [0.5, 0.6) is 0 Å². The van der Waals surface area contributed by atoms with E-state index in [1.807, 2.05) is 12.1 Å². The molecular weight excluding hydrogens is 364 g/mol. The normalized spacial score (nSPS) is 20.0. The fourth-order valence-electron chi connectivity index (χ4n) is 4.51. The molecule has 1 unspecified atom stereocenters. The molecule has 0 amide bonds. The number of methoxy groups -OCH3 is 1. The Hall–Kier alpha value is -1.68. The van der Waals surface area contributed by atoms with Crippen LogP contribution in [0, 0.1) is 5.92 Å². The summed E-state index contributed by atoms with van der Waals surface area (Å²) in [6, 6.07) is 8.28. The minimum Gasteiger partial charge on any atom is -0.469 e. The van der Waals surface area contributed by atoms with Crippen LogP contribution < -0.4 is 0 Å². The Morgan fingerprint density at radius 1 is 1.17 bits per heavy atom. The maximum atomic E-state index is 12.5. The first kappa shape index (κ1) is 23.6. The number of carbonyl (C=O) groups is 2. The van der Waals surface area contributed by atoms with Crippen LogP contribution in [-0.2, 0) is 14.3 Å². The number of Topliss-reactive ketones (excluding diaryl/α,β-unsaturated/α-hetero) is 1. The van der Waals surface area contributed by atoms with Crippen molar-refractivity contribution in [3.05, 3.63) is 35.4 Å². The van der Waals surface area contributed by atoms with Crippen LogP contribution in [-0.4, -0.2) is 24.0 Å². The lowest BCUT2D eigenvalue weighted by molar-refractivity contribution is -0.140. The molecule has 162 valence electrons. The van der Waals surface area contributed by atoms with Gasteiger partial charge in [0.1, 0.15) is 5.78 Å². The molecule has 0 aromatic heterocycles. The summed E-state index contributed by atoms with van der Waals surface area (Å²) in [5, 5.41) is 10.5. The maximum Gasteiger partial charge on any atom is 0.305 e. The summed E-state index contributed by atoms with van der Waals surface area (Å²) in [6.45, 7) is 2.17. The van der Waals surface area contributed by atoms with Crippen LogP contribution in [0.25, 0.3) is 0 Å². The van der Waals surface area contributed by atoms with Gasteiger partial charge in [0.2, 0.25) is 0 Å². The highest BCUT2D eigenvalue weighted by atomic mass is 16.5. The van der Waals surface area contributed by atoms with E-state index < -0.39 is 6.10 Å². The average Bonchev–Trinajstić information content (AvgIpc) is 3.11. The third-order valence-electron chi connectivity index (χ3n) is 6.28. The van der Waals surface area contributed by atoms with E-state index in [0.29, 0.717) is 18.6 Å². The van der Waals surface area contributed by atoms with Gasteiger partial charge in [-0.2, -0.15) is 0 Å². The van der Waals surface area contributed by atoms with Crippen molar-refractivity contribution < 1.29 is 19.4 Å². The predicted molar refractivity (Wildman–Crippen MR) is 116 cm³/mol. The highest BCUT2D eigenvalue weighted by molar-refractivity contribution is 5.84. The maximum absolute atomic E-state index is 12.5. The zero-order valence-electron chi connectivity index (χ0n) is 18.2. The second-order valence-corrected chi connectivity index (χ2v) is 8.43. The fourth-order valence-corrected chi connectivity index (χ4v) is 4.51. The van der Waals surface area contributed by atoms with Crippen LogP contribution in [0.3, 0.4) is 0 Å². The van der Waals surface area contributed by atoms with Gasteiger partial charge < -0.3 is 9.84 Å². The van der Waals surface area contributed by atoms with Crippen molar-refractivity contribution >= 4 is 11.8 Å². The summed E-state index contributed by atoms with van der Waals surface area (Å²) in [7, 11) is 1.42. The van der Waals surface area contributed by atoms with Crippen LogP contribution >= 0.6 is 0 Å². The second-order valence-electron chi connectivity index (χ2n) is 8.43. The molecule has 1 fully saturated rings. The number of hydrogen-bond donors (Lipinski definition) is 1. The minimum absolute atomic E-state index is 0.100. The molecule has 1 aromatic carbocycles. The monoisotopic (exact) mass is 402 g/mol. The Bertz CT molecular complexity index is 639. The van der Waals surface area contributed by atoms with E-state index in [1.54, 1.807) is 0 Å². The Morgan fingerprint density at radius 3 is 2.72 bits per heavy atom. The van der Waals surface area contributed by atoms with Crippen molar-refractivity contribution in [1.82, 2.24) is 0 Å². The zero-order chi connectivity index (χ0) is 21.1. The molecular formula is C25H38O4. The van der Waals surface area contributed by atoms with Crippen LogP contribution in [0.4, 0.5) is 0 Å².